The lowest BCUT2D eigenvalue weighted by Gasteiger charge is -2.12. The molecule has 6 nitrogen and oxygen atoms in total. The third-order valence-electron chi connectivity index (χ3n) is 5.63. The number of nitrogens with zero attached hydrogens (tertiary/aromatic N) is 2. The maximum absolute atomic E-state index is 13.7. The Morgan fingerprint density at radius 2 is 1.82 bits per heavy atom. The summed E-state index contributed by atoms with van der Waals surface area (Å²) in [6.45, 7) is 0. The Kier molecular flexibility index (Phi) is 6.67. The fourth-order valence-electron chi connectivity index (χ4n) is 3.84. The number of rotatable bonds is 5. The number of phenols is 1. The zero-order valence-corrected chi connectivity index (χ0v) is 18.0. The van der Waals surface area contributed by atoms with E-state index in [1.165, 1.54) is 12.1 Å². The molecule has 34 heavy (non-hydrogen) atoms. The second-order valence-electron chi connectivity index (χ2n) is 8.16. The van der Waals surface area contributed by atoms with Crippen LogP contribution in [0.4, 0.5) is 17.6 Å². The highest BCUT2D eigenvalue weighted by Crippen LogP contribution is 2.29. The van der Waals surface area contributed by atoms with E-state index in [1.807, 2.05) is 0 Å². The predicted molar refractivity (Wildman–Crippen MR) is 118 cm³/mol. The number of hydrogen-bond acceptors (Lipinski definition) is 4. The van der Waals surface area contributed by atoms with Crippen LogP contribution in [-0.4, -0.2) is 33.1 Å². The average molecular weight is 474 g/mol. The van der Waals surface area contributed by atoms with Gasteiger partial charge in [0.1, 0.15) is 5.84 Å². The van der Waals surface area contributed by atoms with E-state index in [4.69, 9.17) is 0 Å². The third kappa shape index (κ3) is 5.62. The van der Waals surface area contributed by atoms with E-state index < -0.39 is 29.2 Å². The van der Waals surface area contributed by atoms with E-state index in [9.17, 15) is 27.5 Å². The molecule has 0 saturated heterocycles. The van der Waals surface area contributed by atoms with E-state index in [0.29, 0.717) is 22.8 Å². The number of nitrogens with one attached hydrogen (secondary N) is 2. The zero-order valence-electron chi connectivity index (χ0n) is 18.0. The molecular formula is C24H22F4N4O2. The van der Waals surface area contributed by atoms with Gasteiger partial charge in [-0.3, -0.25) is 14.9 Å². The van der Waals surface area contributed by atoms with Crippen molar-refractivity contribution in [1.82, 2.24) is 15.5 Å². The van der Waals surface area contributed by atoms with Gasteiger partial charge in [0.2, 0.25) is 0 Å². The SMILES string of the molecule is O=C(NC(Cc1cc(-c2ccc(O)c(F)c2)n[nH]1)=NC1CCCC1)c1ccc(C(F)(F)F)cc1. The summed E-state index contributed by atoms with van der Waals surface area (Å²) in [5.74, 6) is -1.43. The van der Waals surface area contributed by atoms with Gasteiger partial charge in [-0.2, -0.15) is 18.3 Å². The van der Waals surface area contributed by atoms with Crippen LogP contribution in [-0.2, 0) is 12.6 Å². The van der Waals surface area contributed by atoms with Gasteiger partial charge in [-0.1, -0.05) is 12.8 Å². The molecular weight excluding hydrogens is 452 g/mol. The summed E-state index contributed by atoms with van der Waals surface area (Å²) in [6.07, 6.45) is -0.440. The predicted octanol–water partition coefficient (Wildman–Crippen LogP) is 5.25. The first-order valence-electron chi connectivity index (χ1n) is 10.8. The van der Waals surface area contributed by atoms with E-state index >= 15 is 0 Å². The fourth-order valence-corrected chi connectivity index (χ4v) is 3.84. The number of halogens is 4. The van der Waals surface area contributed by atoms with Crippen molar-refractivity contribution in [2.24, 2.45) is 4.99 Å². The first-order chi connectivity index (χ1) is 16.2. The highest BCUT2D eigenvalue weighted by molar-refractivity contribution is 6.07. The lowest BCUT2D eigenvalue weighted by atomic mass is 10.1. The van der Waals surface area contributed by atoms with E-state index in [0.717, 1.165) is 56.0 Å². The minimum Gasteiger partial charge on any atom is -0.505 e. The van der Waals surface area contributed by atoms with Crippen LogP contribution in [0.15, 0.2) is 53.5 Å². The second kappa shape index (κ2) is 9.66. The molecule has 1 fully saturated rings. The van der Waals surface area contributed by atoms with Gasteiger partial charge in [-0.25, -0.2) is 4.39 Å². The molecule has 3 aromatic rings. The van der Waals surface area contributed by atoms with Crippen molar-refractivity contribution in [3.8, 4) is 17.0 Å². The molecule has 0 atom stereocenters. The Balaban J connectivity index is 1.52. The van der Waals surface area contributed by atoms with Crippen molar-refractivity contribution in [3.05, 3.63) is 71.2 Å². The summed E-state index contributed by atoms with van der Waals surface area (Å²) in [4.78, 5) is 17.4. The quantitative estimate of drug-likeness (QED) is 0.268. The molecule has 4 rings (SSSR count). The molecule has 3 N–H and O–H groups in total. The summed E-state index contributed by atoms with van der Waals surface area (Å²) in [7, 11) is 0. The molecule has 1 heterocycles. The Morgan fingerprint density at radius 3 is 2.47 bits per heavy atom. The summed E-state index contributed by atoms with van der Waals surface area (Å²) in [6, 6.07) is 9.63. The fraction of sp³-hybridized carbons (Fsp3) is 0.292. The number of aromatic hydroxyl groups is 1. The minimum absolute atomic E-state index is 0.0523. The molecule has 0 unspecified atom stereocenters. The Labute approximate surface area is 192 Å². The Hall–Kier alpha value is -3.69. The largest absolute Gasteiger partial charge is 0.505 e. The number of amides is 1. The van der Waals surface area contributed by atoms with Crippen molar-refractivity contribution in [3.63, 3.8) is 0 Å². The summed E-state index contributed by atoms with van der Waals surface area (Å²) >= 11 is 0. The number of carbonyl (C=O) groups excluding carboxylic acids is 1. The third-order valence-corrected chi connectivity index (χ3v) is 5.63. The molecule has 0 radical (unpaired) electrons. The van der Waals surface area contributed by atoms with Crippen molar-refractivity contribution in [2.45, 2.75) is 44.3 Å². The van der Waals surface area contributed by atoms with Crippen LogP contribution >= 0.6 is 0 Å². The first kappa shape index (κ1) is 23.5. The molecule has 178 valence electrons. The first-order valence-corrected chi connectivity index (χ1v) is 10.8. The topological polar surface area (TPSA) is 90.4 Å². The van der Waals surface area contributed by atoms with E-state index in [2.05, 4.69) is 20.5 Å². The van der Waals surface area contributed by atoms with Crippen molar-refractivity contribution in [1.29, 1.82) is 0 Å². The lowest BCUT2D eigenvalue weighted by Crippen LogP contribution is -2.33. The number of phenolic OH excluding ortho intramolecular Hbond substituents is 1. The number of carbonyl (C=O) groups is 1. The van der Waals surface area contributed by atoms with Gasteiger partial charge in [0, 0.05) is 23.2 Å². The number of alkyl halides is 3. The van der Waals surface area contributed by atoms with Crippen LogP contribution in [0.2, 0.25) is 0 Å². The van der Waals surface area contributed by atoms with Gasteiger partial charge >= 0.3 is 6.18 Å². The van der Waals surface area contributed by atoms with Crippen molar-refractivity contribution in [2.75, 3.05) is 0 Å². The Bertz CT molecular complexity index is 1200. The van der Waals surface area contributed by atoms with Crippen molar-refractivity contribution < 1.29 is 27.5 Å². The standard InChI is InChI=1S/C24H22F4N4O2/c25-19-11-15(7-10-21(19)33)20-12-18(31-32-20)13-22(29-17-3-1-2-4-17)30-23(34)14-5-8-16(9-6-14)24(26,27)28/h5-12,17,33H,1-4,13H2,(H,31,32)(H,29,30,34). The molecule has 0 aliphatic heterocycles. The maximum Gasteiger partial charge on any atom is 0.416 e. The number of aromatic amines is 1. The molecule has 2 aromatic carbocycles. The molecule has 1 aromatic heterocycles. The summed E-state index contributed by atoms with van der Waals surface area (Å²) in [5, 5.41) is 19.1. The number of hydrogen-bond donors (Lipinski definition) is 3. The average Bonchev–Trinajstić information content (AvgIpc) is 3.47. The van der Waals surface area contributed by atoms with Gasteiger partial charge in [-0.15, -0.1) is 0 Å². The van der Waals surface area contributed by atoms with Crippen LogP contribution in [0, 0.1) is 5.82 Å². The van der Waals surface area contributed by atoms with Crippen molar-refractivity contribution >= 4 is 11.7 Å². The molecule has 0 bridgehead atoms. The van der Waals surface area contributed by atoms with E-state index in [1.54, 1.807) is 6.07 Å². The smallest absolute Gasteiger partial charge is 0.416 e. The van der Waals surface area contributed by atoms with Crippen LogP contribution in [0.5, 0.6) is 5.75 Å². The Morgan fingerprint density at radius 1 is 1.12 bits per heavy atom. The maximum atomic E-state index is 13.7. The van der Waals surface area contributed by atoms with Gasteiger partial charge in [0.25, 0.3) is 5.91 Å². The molecule has 0 spiro atoms. The number of aliphatic imine (C=N–C) groups is 1. The molecule has 1 saturated carbocycles. The van der Waals surface area contributed by atoms with Crippen LogP contribution in [0.1, 0.15) is 47.3 Å². The molecule has 1 aliphatic carbocycles. The number of aromatic nitrogens is 2. The second-order valence-corrected chi connectivity index (χ2v) is 8.16. The van der Waals surface area contributed by atoms with Gasteiger partial charge in [0.15, 0.2) is 11.6 Å². The number of benzene rings is 2. The monoisotopic (exact) mass is 474 g/mol. The lowest BCUT2D eigenvalue weighted by molar-refractivity contribution is -0.137. The minimum atomic E-state index is -4.48. The van der Waals surface area contributed by atoms with Crippen LogP contribution in [0.3, 0.4) is 0 Å². The summed E-state index contributed by atoms with van der Waals surface area (Å²) in [5.41, 5.74) is 0.758. The molecule has 10 heteroatoms. The van der Waals surface area contributed by atoms with Gasteiger partial charge < -0.3 is 10.4 Å². The summed E-state index contributed by atoms with van der Waals surface area (Å²) < 4.78 is 52.1. The highest BCUT2D eigenvalue weighted by Gasteiger charge is 2.30. The van der Waals surface area contributed by atoms with Gasteiger partial charge in [0.05, 0.1) is 17.3 Å². The molecule has 1 amide bonds. The normalized spacial score (nSPS) is 15.0. The number of H-pyrrole nitrogens is 1. The van der Waals surface area contributed by atoms with Crippen LogP contribution < -0.4 is 5.32 Å². The molecule has 1 aliphatic rings. The number of amidine groups is 1. The highest BCUT2D eigenvalue weighted by atomic mass is 19.4. The van der Waals surface area contributed by atoms with E-state index in [-0.39, 0.29) is 18.0 Å². The van der Waals surface area contributed by atoms with Gasteiger partial charge in [-0.05, 0) is 61.4 Å². The van der Waals surface area contributed by atoms with Crippen LogP contribution in [0.25, 0.3) is 11.3 Å². The zero-order chi connectivity index (χ0) is 24.3.